The molecule has 0 saturated carbocycles. The average molecular weight is 1210 g/mol. The zero-order valence-corrected chi connectivity index (χ0v) is 58.6. The molecule has 2 atom stereocenters. The van der Waals surface area contributed by atoms with Crippen LogP contribution in [-0.2, 0) is 14.3 Å². The molecule has 0 aromatic rings. The normalized spacial score (nSPS) is 12.6. The SMILES string of the molecule is CCCCCCCC/C=C\CCCCCCCC(=O)OCCCCCCCCCCCCCCCCCCCCCCCCCCCCCCCC(=O)NC(CO)C(O)/C=C/CCCCCCCCCCCCCCCCCCCCCCCCC. The topological polar surface area (TPSA) is 95.9 Å². The molecule has 0 rings (SSSR count). The number of aliphatic hydroxyl groups excluding tert-OH is 2. The van der Waals surface area contributed by atoms with Gasteiger partial charge in [0.15, 0.2) is 0 Å². The summed E-state index contributed by atoms with van der Waals surface area (Å²) in [6, 6.07) is -0.627. The summed E-state index contributed by atoms with van der Waals surface area (Å²) < 4.78 is 5.50. The molecule has 1 amide bonds. The number of aliphatic hydroxyl groups is 2. The second-order valence-electron chi connectivity index (χ2n) is 27.4. The van der Waals surface area contributed by atoms with E-state index in [1.54, 1.807) is 6.08 Å². The highest BCUT2D eigenvalue weighted by molar-refractivity contribution is 5.76. The Labute approximate surface area is 539 Å². The molecule has 0 bridgehead atoms. The van der Waals surface area contributed by atoms with Crippen molar-refractivity contribution < 1.29 is 24.5 Å². The van der Waals surface area contributed by atoms with Crippen molar-refractivity contribution in [1.82, 2.24) is 5.32 Å². The number of hydrogen-bond donors (Lipinski definition) is 3. The molecule has 0 aliphatic carbocycles. The predicted molar refractivity (Wildman–Crippen MR) is 380 cm³/mol. The van der Waals surface area contributed by atoms with Crippen LogP contribution in [0.2, 0.25) is 0 Å². The Morgan fingerprint density at radius 1 is 0.314 bits per heavy atom. The van der Waals surface area contributed by atoms with Gasteiger partial charge in [-0.3, -0.25) is 9.59 Å². The average Bonchev–Trinajstić information content (AvgIpc) is 3.54. The largest absolute Gasteiger partial charge is 0.466 e. The first-order chi connectivity index (χ1) is 42.5. The van der Waals surface area contributed by atoms with E-state index in [9.17, 15) is 19.8 Å². The van der Waals surface area contributed by atoms with Crippen LogP contribution in [0.4, 0.5) is 0 Å². The van der Waals surface area contributed by atoms with Gasteiger partial charge in [0.05, 0.1) is 25.4 Å². The number of rotatable bonds is 75. The highest BCUT2D eigenvalue weighted by Crippen LogP contribution is 2.20. The second kappa shape index (κ2) is 75.8. The molecule has 0 spiro atoms. The Balaban J connectivity index is 3.37. The van der Waals surface area contributed by atoms with Gasteiger partial charge in [-0.15, -0.1) is 0 Å². The van der Waals surface area contributed by atoms with E-state index in [0.717, 1.165) is 44.9 Å². The summed E-state index contributed by atoms with van der Waals surface area (Å²) in [7, 11) is 0. The van der Waals surface area contributed by atoms with Crippen LogP contribution >= 0.6 is 0 Å². The molecule has 0 aliphatic heterocycles. The number of hydrogen-bond acceptors (Lipinski definition) is 5. The lowest BCUT2D eigenvalue weighted by Gasteiger charge is -2.20. The van der Waals surface area contributed by atoms with Crippen molar-refractivity contribution in [3.05, 3.63) is 24.3 Å². The van der Waals surface area contributed by atoms with E-state index in [-0.39, 0.29) is 18.5 Å². The monoisotopic (exact) mass is 1210 g/mol. The van der Waals surface area contributed by atoms with Crippen LogP contribution in [0.15, 0.2) is 24.3 Å². The Hall–Kier alpha value is -1.66. The fraction of sp³-hybridized carbons (Fsp3) is 0.925. The third kappa shape index (κ3) is 71.4. The summed E-state index contributed by atoms with van der Waals surface area (Å²) in [5, 5.41) is 23.3. The molecule has 0 aliphatic rings. The highest BCUT2D eigenvalue weighted by atomic mass is 16.5. The fourth-order valence-electron chi connectivity index (χ4n) is 12.7. The van der Waals surface area contributed by atoms with Gasteiger partial charge in [-0.05, 0) is 57.8 Å². The van der Waals surface area contributed by atoms with E-state index in [2.05, 4.69) is 31.3 Å². The summed E-state index contributed by atoms with van der Waals surface area (Å²) in [5.74, 6) is -0.0468. The number of allylic oxidation sites excluding steroid dienone is 3. The van der Waals surface area contributed by atoms with Crippen LogP contribution in [0.1, 0.15) is 450 Å². The molecule has 0 aromatic heterocycles. The first-order valence-electron chi connectivity index (χ1n) is 39.6. The molecule has 0 fully saturated rings. The molecule has 0 radical (unpaired) electrons. The van der Waals surface area contributed by atoms with Crippen molar-refractivity contribution in [2.45, 2.75) is 463 Å². The molecule has 3 N–H and O–H groups in total. The minimum atomic E-state index is -0.844. The van der Waals surface area contributed by atoms with Gasteiger partial charge in [0.1, 0.15) is 0 Å². The van der Waals surface area contributed by atoms with Gasteiger partial charge in [-0.2, -0.15) is 0 Å². The second-order valence-corrected chi connectivity index (χ2v) is 27.4. The number of carbonyl (C=O) groups excluding carboxylic acids is 2. The zero-order valence-electron chi connectivity index (χ0n) is 58.6. The molecule has 2 unspecified atom stereocenters. The molecule has 6 nitrogen and oxygen atoms in total. The Morgan fingerprint density at radius 2 is 0.547 bits per heavy atom. The zero-order chi connectivity index (χ0) is 62.0. The van der Waals surface area contributed by atoms with Crippen molar-refractivity contribution in [3.8, 4) is 0 Å². The Morgan fingerprint density at radius 3 is 0.826 bits per heavy atom. The molecule has 0 saturated heterocycles. The number of nitrogens with one attached hydrogen (secondary N) is 1. The van der Waals surface area contributed by atoms with Crippen LogP contribution in [0.25, 0.3) is 0 Å². The summed E-state index contributed by atoms with van der Waals surface area (Å²) >= 11 is 0. The molecule has 510 valence electrons. The predicted octanol–water partition coefficient (Wildman–Crippen LogP) is 26.0. The van der Waals surface area contributed by atoms with Crippen molar-refractivity contribution >= 4 is 11.9 Å². The van der Waals surface area contributed by atoms with Crippen LogP contribution < -0.4 is 5.32 Å². The quantitative estimate of drug-likeness (QED) is 0.0320. The first kappa shape index (κ1) is 84.3. The number of esters is 1. The third-order valence-corrected chi connectivity index (χ3v) is 18.7. The summed E-state index contributed by atoms with van der Waals surface area (Å²) in [6.45, 7) is 4.95. The van der Waals surface area contributed by atoms with E-state index < -0.39 is 12.1 Å². The fourth-order valence-corrected chi connectivity index (χ4v) is 12.7. The summed E-state index contributed by atoms with van der Waals surface area (Å²) in [5.41, 5.74) is 0. The van der Waals surface area contributed by atoms with Crippen molar-refractivity contribution in [3.63, 3.8) is 0 Å². The lowest BCUT2D eigenvalue weighted by Crippen LogP contribution is -2.45. The molecule has 0 aromatic carbocycles. The third-order valence-electron chi connectivity index (χ3n) is 18.7. The van der Waals surface area contributed by atoms with Crippen molar-refractivity contribution in [1.29, 1.82) is 0 Å². The van der Waals surface area contributed by atoms with E-state index in [1.807, 2.05) is 6.08 Å². The molecule has 86 heavy (non-hydrogen) atoms. The van der Waals surface area contributed by atoms with Gasteiger partial charge in [-0.25, -0.2) is 0 Å². The van der Waals surface area contributed by atoms with Gasteiger partial charge in [0, 0.05) is 12.8 Å². The van der Waals surface area contributed by atoms with E-state index in [1.165, 1.54) is 379 Å². The van der Waals surface area contributed by atoms with Gasteiger partial charge in [0.25, 0.3) is 0 Å². The first-order valence-corrected chi connectivity index (χ1v) is 39.6. The summed E-state index contributed by atoms with van der Waals surface area (Å²) in [4.78, 5) is 24.6. The maximum Gasteiger partial charge on any atom is 0.305 e. The lowest BCUT2D eigenvalue weighted by molar-refractivity contribution is -0.143. The van der Waals surface area contributed by atoms with Crippen molar-refractivity contribution in [2.24, 2.45) is 0 Å². The number of amides is 1. The van der Waals surface area contributed by atoms with Gasteiger partial charge >= 0.3 is 5.97 Å². The van der Waals surface area contributed by atoms with Gasteiger partial charge < -0.3 is 20.3 Å². The van der Waals surface area contributed by atoms with Gasteiger partial charge in [0.2, 0.25) is 5.91 Å². The molecular formula is C80H155NO5. The molecule has 6 heteroatoms. The maximum atomic E-state index is 12.6. The highest BCUT2D eigenvalue weighted by Gasteiger charge is 2.18. The molecule has 0 heterocycles. The molecular weight excluding hydrogens is 1050 g/mol. The van der Waals surface area contributed by atoms with E-state index >= 15 is 0 Å². The number of carbonyl (C=O) groups is 2. The minimum absolute atomic E-state index is 0.0123. The standard InChI is InChI=1S/C80H155NO5/c1-3-5-7-9-11-13-15-17-19-20-21-22-23-29-32-35-38-41-45-48-52-56-60-64-68-72-78(83)77(76-82)81-79(84)73-69-65-61-57-53-49-46-42-39-36-33-30-27-25-24-26-28-31-34-37-40-43-47-51-55-59-63-67-71-75-86-80(85)74-70-66-62-58-54-50-44-18-16-14-12-10-8-6-4-2/h18,44,68,72,77-78,82-83H,3-17,19-43,45-67,69-71,73-76H2,1-2H3,(H,81,84)/b44-18-,72-68+. The van der Waals surface area contributed by atoms with Crippen LogP contribution in [0.5, 0.6) is 0 Å². The van der Waals surface area contributed by atoms with Gasteiger partial charge in [-0.1, -0.05) is 404 Å². The smallest absolute Gasteiger partial charge is 0.305 e. The number of unbranched alkanes of at least 4 members (excludes halogenated alkanes) is 62. The van der Waals surface area contributed by atoms with E-state index in [0.29, 0.717) is 19.4 Å². The van der Waals surface area contributed by atoms with Crippen LogP contribution in [0.3, 0.4) is 0 Å². The van der Waals surface area contributed by atoms with Crippen molar-refractivity contribution in [2.75, 3.05) is 13.2 Å². The maximum absolute atomic E-state index is 12.6. The Kier molecular flexibility index (Phi) is 74.3. The number of ether oxygens (including phenoxy) is 1. The summed E-state index contributed by atoms with van der Waals surface area (Å²) in [6.07, 6.45) is 97.3. The minimum Gasteiger partial charge on any atom is -0.466 e. The van der Waals surface area contributed by atoms with E-state index in [4.69, 9.17) is 4.74 Å². The Bertz CT molecular complexity index is 1350. The van der Waals surface area contributed by atoms with Crippen LogP contribution in [-0.4, -0.2) is 47.4 Å². The van der Waals surface area contributed by atoms with Crippen LogP contribution in [0, 0.1) is 0 Å². The lowest BCUT2D eigenvalue weighted by atomic mass is 10.0.